The van der Waals surface area contributed by atoms with E-state index < -0.39 is 0 Å². The molecule has 0 bridgehead atoms. The van der Waals surface area contributed by atoms with E-state index in [9.17, 15) is 9.59 Å². The lowest BCUT2D eigenvalue weighted by molar-refractivity contribution is -0.117. The van der Waals surface area contributed by atoms with Crippen LogP contribution in [0.15, 0.2) is 11.6 Å². The van der Waals surface area contributed by atoms with Crippen LogP contribution in [-0.2, 0) is 9.53 Å². The van der Waals surface area contributed by atoms with Gasteiger partial charge in [-0.2, -0.15) is 0 Å². The second-order valence-corrected chi connectivity index (χ2v) is 5.40. The van der Waals surface area contributed by atoms with Crippen molar-refractivity contribution in [3.05, 3.63) is 11.6 Å². The van der Waals surface area contributed by atoms with Crippen molar-refractivity contribution < 1.29 is 14.3 Å². The van der Waals surface area contributed by atoms with Gasteiger partial charge in [-0.25, -0.2) is 4.79 Å². The minimum Gasteiger partial charge on any atom is -0.453 e. The summed E-state index contributed by atoms with van der Waals surface area (Å²) in [4.78, 5) is 24.8. The smallest absolute Gasteiger partial charge is 0.409 e. The third kappa shape index (κ3) is 3.98. The lowest BCUT2D eigenvalue weighted by atomic mass is 10.1. The Bertz CT molecular complexity index is 380. The molecule has 5 nitrogen and oxygen atoms in total. The van der Waals surface area contributed by atoms with E-state index in [1.54, 1.807) is 11.0 Å². The topological polar surface area (TPSA) is 58.6 Å². The monoisotopic (exact) mass is 266 g/mol. The molecule has 0 unspecified atom stereocenters. The molecule has 2 aliphatic rings. The van der Waals surface area contributed by atoms with Crippen molar-refractivity contribution in [3.63, 3.8) is 0 Å². The van der Waals surface area contributed by atoms with Crippen molar-refractivity contribution in [1.82, 2.24) is 10.2 Å². The average Bonchev–Trinajstić information content (AvgIpc) is 3.22. The molecule has 19 heavy (non-hydrogen) atoms. The minimum atomic E-state index is -0.283. The van der Waals surface area contributed by atoms with Gasteiger partial charge >= 0.3 is 6.09 Å². The van der Waals surface area contributed by atoms with Crippen molar-refractivity contribution in [2.45, 2.75) is 38.6 Å². The van der Waals surface area contributed by atoms with Crippen LogP contribution in [0.4, 0.5) is 4.79 Å². The molecule has 0 aromatic heterocycles. The standard InChI is InChI=1S/C14H22N2O3/c1-10(11-3-4-11)9-13(17)15-12-5-7-16(8-6-12)14(18)19-2/h9,11-12H,3-8H2,1-2H3,(H,15,17). The van der Waals surface area contributed by atoms with Gasteiger partial charge in [0.25, 0.3) is 0 Å². The first kappa shape index (κ1) is 13.9. The van der Waals surface area contributed by atoms with E-state index in [1.165, 1.54) is 25.5 Å². The molecule has 1 aliphatic carbocycles. The van der Waals surface area contributed by atoms with Gasteiger partial charge in [0.1, 0.15) is 0 Å². The second-order valence-electron chi connectivity index (χ2n) is 5.40. The van der Waals surface area contributed by atoms with Crippen LogP contribution in [-0.4, -0.2) is 43.1 Å². The van der Waals surface area contributed by atoms with Crippen molar-refractivity contribution in [2.24, 2.45) is 5.92 Å². The number of ether oxygens (including phenoxy) is 1. The zero-order valence-corrected chi connectivity index (χ0v) is 11.6. The van der Waals surface area contributed by atoms with Gasteiger partial charge in [-0.1, -0.05) is 5.57 Å². The highest BCUT2D eigenvalue weighted by atomic mass is 16.5. The van der Waals surface area contributed by atoms with Crippen LogP contribution in [0.25, 0.3) is 0 Å². The number of nitrogens with zero attached hydrogens (tertiary/aromatic N) is 1. The zero-order valence-electron chi connectivity index (χ0n) is 11.6. The number of allylic oxidation sites excluding steroid dienone is 1. The summed E-state index contributed by atoms with van der Waals surface area (Å²) in [7, 11) is 1.39. The van der Waals surface area contributed by atoms with Gasteiger partial charge in [0.2, 0.25) is 5.91 Å². The largest absolute Gasteiger partial charge is 0.453 e. The van der Waals surface area contributed by atoms with E-state index in [0.29, 0.717) is 19.0 Å². The molecule has 1 saturated carbocycles. The third-order valence-corrected chi connectivity index (χ3v) is 3.85. The van der Waals surface area contributed by atoms with E-state index in [0.717, 1.165) is 12.8 Å². The predicted molar refractivity (Wildman–Crippen MR) is 71.6 cm³/mol. The van der Waals surface area contributed by atoms with Crippen LogP contribution in [0.1, 0.15) is 32.6 Å². The Balaban J connectivity index is 1.74. The fourth-order valence-electron chi connectivity index (χ4n) is 2.44. The van der Waals surface area contributed by atoms with Crippen molar-refractivity contribution >= 4 is 12.0 Å². The summed E-state index contributed by atoms with van der Waals surface area (Å²) >= 11 is 0. The lowest BCUT2D eigenvalue weighted by Gasteiger charge is -2.31. The van der Waals surface area contributed by atoms with Crippen LogP contribution in [0, 0.1) is 5.92 Å². The highest BCUT2D eigenvalue weighted by molar-refractivity contribution is 5.88. The minimum absolute atomic E-state index is 0.000850. The maximum Gasteiger partial charge on any atom is 0.409 e. The number of piperidine rings is 1. The summed E-state index contributed by atoms with van der Waals surface area (Å²) in [5.41, 5.74) is 1.18. The number of nitrogens with one attached hydrogen (secondary N) is 1. The molecule has 2 fully saturated rings. The first-order valence-corrected chi connectivity index (χ1v) is 6.91. The van der Waals surface area contributed by atoms with E-state index in [2.05, 4.69) is 10.1 Å². The number of carbonyl (C=O) groups is 2. The van der Waals surface area contributed by atoms with Crippen molar-refractivity contribution in [3.8, 4) is 0 Å². The van der Waals surface area contributed by atoms with Gasteiger partial charge < -0.3 is 15.0 Å². The summed E-state index contributed by atoms with van der Waals surface area (Å²) in [6.45, 7) is 3.31. The fourth-order valence-corrected chi connectivity index (χ4v) is 2.44. The Morgan fingerprint density at radius 2 is 1.84 bits per heavy atom. The molecule has 0 radical (unpaired) electrons. The molecule has 2 rings (SSSR count). The van der Waals surface area contributed by atoms with E-state index in [-0.39, 0.29) is 18.0 Å². The fraction of sp³-hybridized carbons (Fsp3) is 0.714. The van der Waals surface area contributed by atoms with Crippen molar-refractivity contribution in [1.29, 1.82) is 0 Å². The molecule has 0 aromatic rings. The van der Waals surface area contributed by atoms with Crippen LogP contribution < -0.4 is 5.32 Å². The number of carbonyl (C=O) groups excluding carboxylic acids is 2. The van der Waals surface area contributed by atoms with Crippen molar-refractivity contribution in [2.75, 3.05) is 20.2 Å². The Hall–Kier alpha value is -1.52. The quantitative estimate of drug-likeness (QED) is 0.791. The molecule has 5 heteroatoms. The number of hydrogen-bond acceptors (Lipinski definition) is 3. The van der Waals surface area contributed by atoms with Gasteiger partial charge in [-0.15, -0.1) is 0 Å². The maximum atomic E-state index is 11.8. The molecule has 106 valence electrons. The van der Waals surface area contributed by atoms with Crippen LogP contribution in [0.2, 0.25) is 0 Å². The first-order valence-electron chi connectivity index (χ1n) is 6.91. The summed E-state index contributed by atoms with van der Waals surface area (Å²) in [5.74, 6) is 0.632. The molecule has 1 heterocycles. The van der Waals surface area contributed by atoms with Crippen LogP contribution in [0.3, 0.4) is 0 Å². The molecule has 1 saturated heterocycles. The highest BCUT2D eigenvalue weighted by Crippen LogP contribution is 2.35. The van der Waals surface area contributed by atoms with Crippen LogP contribution >= 0.6 is 0 Å². The van der Waals surface area contributed by atoms with Gasteiger partial charge in [0.15, 0.2) is 0 Å². The maximum absolute atomic E-state index is 11.8. The number of likely N-dealkylation sites (tertiary alicyclic amines) is 1. The summed E-state index contributed by atoms with van der Waals surface area (Å²) in [6.07, 6.45) is 5.45. The first-order chi connectivity index (χ1) is 9.10. The van der Waals surface area contributed by atoms with Gasteiger partial charge in [-0.05, 0) is 38.5 Å². The highest BCUT2D eigenvalue weighted by Gasteiger charge is 2.25. The molecular weight excluding hydrogens is 244 g/mol. The second kappa shape index (κ2) is 6.08. The average molecular weight is 266 g/mol. The molecular formula is C14H22N2O3. The molecule has 0 aromatic carbocycles. The molecule has 0 spiro atoms. The van der Waals surface area contributed by atoms with E-state index in [4.69, 9.17) is 0 Å². The van der Waals surface area contributed by atoms with E-state index in [1.807, 2.05) is 6.92 Å². The number of amides is 2. The van der Waals surface area contributed by atoms with Gasteiger partial charge in [0.05, 0.1) is 7.11 Å². The Morgan fingerprint density at radius 3 is 2.37 bits per heavy atom. The molecule has 1 N–H and O–H groups in total. The third-order valence-electron chi connectivity index (χ3n) is 3.85. The summed E-state index contributed by atoms with van der Waals surface area (Å²) in [6, 6.07) is 0.164. The Labute approximate surface area is 114 Å². The molecule has 0 atom stereocenters. The van der Waals surface area contributed by atoms with Crippen LogP contribution in [0.5, 0.6) is 0 Å². The zero-order chi connectivity index (χ0) is 13.8. The Kier molecular flexibility index (Phi) is 4.45. The Morgan fingerprint density at radius 1 is 1.21 bits per heavy atom. The number of hydrogen-bond donors (Lipinski definition) is 1. The molecule has 1 aliphatic heterocycles. The van der Waals surface area contributed by atoms with Gasteiger partial charge in [0, 0.05) is 25.2 Å². The number of rotatable bonds is 3. The van der Waals surface area contributed by atoms with E-state index >= 15 is 0 Å². The lowest BCUT2D eigenvalue weighted by Crippen LogP contribution is -2.46. The summed E-state index contributed by atoms with van der Waals surface area (Å²) < 4.78 is 4.68. The predicted octanol–water partition coefficient (Wildman–Crippen LogP) is 1.69. The SMILES string of the molecule is COC(=O)N1CCC(NC(=O)C=C(C)C2CC2)CC1. The molecule has 2 amide bonds. The van der Waals surface area contributed by atoms with Gasteiger partial charge in [-0.3, -0.25) is 4.79 Å². The number of methoxy groups -OCH3 is 1. The normalized spacial score (nSPS) is 21.2. The summed E-state index contributed by atoms with van der Waals surface area (Å²) in [5, 5.41) is 3.02.